The van der Waals surface area contributed by atoms with Gasteiger partial charge in [-0.25, -0.2) is 0 Å². The smallest absolute Gasteiger partial charge is 0.274 e. The third-order valence-corrected chi connectivity index (χ3v) is 4.37. The average Bonchev–Trinajstić information content (AvgIpc) is 2.94. The highest BCUT2D eigenvalue weighted by Gasteiger charge is 2.16. The quantitative estimate of drug-likeness (QED) is 0.665. The molecule has 0 radical (unpaired) electrons. The standard InChI is InChI=1S/C18H16Cl2N4O/c1-11-7-17(24(23-11)10-12-5-3-2-4-6-12)18(25)22-16-9-14(20)13(19)8-15(16)21/h2-9H,10,21H2,1H3,(H,22,25). The van der Waals surface area contributed by atoms with Gasteiger partial charge in [0.05, 0.1) is 33.7 Å². The maximum atomic E-state index is 12.7. The van der Waals surface area contributed by atoms with Crippen molar-refractivity contribution in [1.29, 1.82) is 0 Å². The third-order valence-electron chi connectivity index (χ3n) is 3.65. The summed E-state index contributed by atoms with van der Waals surface area (Å²) in [5, 5.41) is 7.82. The molecule has 0 aliphatic carbocycles. The summed E-state index contributed by atoms with van der Waals surface area (Å²) in [6.07, 6.45) is 0. The van der Waals surface area contributed by atoms with Crippen molar-refractivity contribution in [2.45, 2.75) is 13.5 Å². The van der Waals surface area contributed by atoms with Gasteiger partial charge in [0.25, 0.3) is 5.91 Å². The zero-order valence-corrected chi connectivity index (χ0v) is 15.0. The van der Waals surface area contributed by atoms with E-state index < -0.39 is 0 Å². The Kier molecular flexibility index (Phi) is 4.97. The number of carbonyl (C=O) groups excluding carboxylic acids is 1. The van der Waals surface area contributed by atoms with Crippen molar-refractivity contribution in [3.05, 3.63) is 75.5 Å². The molecule has 0 fully saturated rings. The lowest BCUT2D eigenvalue weighted by Gasteiger charge is -2.11. The van der Waals surface area contributed by atoms with Gasteiger partial charge >= 0.3 is 0 Å². The van der Waals surface area contributed by atoms with Gasteiger partial charge < -0.3 is 11.1 Å². The first-order valence-corrected chi connectivity index (χ1v) is 8.34. The van der Waals surface area contributed by atoms with Crippen LogP contribution >= 0.6 is 23.2 Å². The fraction of sp³-hybridized carbons (Fsp3) is 0.111. The number of aromatic nitrogens is 2. The summed E-state index contributed by atoms with van der Waals surface area (Å²) >= 11 is 11.9. The average molecular weight is 375 g/mol. The van der Waals surface area contributed by atoms with Crippen molar-refractivity contribution in [1.82, 2.24) is 9.78 Å². The predicted molar refractivity (Wildman–Crippen MR) is 101 cm³/mol. The first kappa shape index (κ1) is 17.3. The molecule has 128 valence electrons. The van der Waals surface area contributed by atoms with E-state index in [1.165, 1.54) is 12.1 Å². The molecule has 2 aromatic carbocycles. The van der Waals surface area contributed by atoms with Crippen LogP contribution in [0.5, 0.6) is 0 Å². The number of amides is 1. The van der Waals surface area contributed by atoms with Crippen molar-refractivity contribution >= 4 is 40.5 Å². The molecule has 0 saturated heterocycles. The predicted octanol–water partition coefficient (Wildman–Crippen LogP) is 4.38. The summed E-state index contributed by atoms with van der Waals surface area (Å²) < 4.78 is 1.66. The maximum absolute atomic E-state index is 12.7. The largest absolute Gasteiger partial charge is 0.397 e. The SMILES string of the molecule is Cc1cc(C(=O)Nc2cc(Cl)c(Cl)cc2N)n(Cc2ccccc2)n1. The topological polar surface area (TPSA) is 72.9 Å². The first-order chi connectivity index (χ1) is 11.9. The lowest BCUT2D eigenvalue weighted by atomic mass is 10.2. The van der Waals surface area contributed by atoms with Gasteiger partial charge in [-0.1, -0.05) is 53.5 Å². The zero-order chi connectivity index (χ0) is 18.0. The number of nitrogens with zero attached hydrogens (tertiary/aromatic N) is 2. The number of hydrogen-bond donors (Lipinski definition) is 2. The van der Waals surface area contributed by atoms with E-state index in [9.17, 15) is 4.79 Å². The molecule has 0 aliphatic rings. The third kappa shape index (κ3) is 3.95. The number of halogens is 2. The summed E-state index contributed by atoms with van der Waals surface area (Å²) in [5.41, 5.74) is 8.89. The van der Waals surface area contributed by atoms with Crippen LogP contribution in [-0.2, 0) is 6.54 Å². The van der Waals surface area contributed by atoms with Gasteiger partial charge in [-0.05, 0) is 30.7 Å². The lowest BCUT2D eigenvalue weighted by Crippen LogP contribution is -2.19. The summed E-state index contributed by atoms with van der Waals surface area (Å²) in [6.45, 7) is 2.33. The normalized spacial score (nSPS) is 10.7. The van der Waals surface area contributed by atoms with Crippen LogP contribution < -0.4 is 11.1 Å². The van der Waals surface area contributed by atoms with Crippen LogP contribution in [0.3, 0.4) is 0 Å². The Morgan fingerprint density at radius 2 is 1.84 bits per heavy atom. The van der Waals surface area contributed by atoms with Crippen molar-refractivity contribution in [2.24, 2.45) is 0 Å². The monoisotopic (exact) mass is 374 g/mol. The fourth-order valence-electron chi connectivity index (χ4n) is 2.46. The van der Waals surface area contributed by atoms with E-state index in [4.69, 9.17) is 28.9 Å². The van der Waals surface area contributed by atoms with Crippen molar-refractivity contribution < 1.29 is 4.79 Å². The zero-order valence-electron chi connectivity index (χ0n) is 13.5. The second-order valence-electron chi connectivity index (χ2n) is 5.62. The van der Waals surface area contributed by atoms with Crippen LogP contribution in [-0.4, -0.2) is 15.7 Å². The lowest BCUT2D eigenvalue weighted by molar-refractivity contribution is 0.101. The number of nitrogen functional groups attached to an aromatic ring is 1. The molecule has 1 heterocycles. The van der Waals surface area contributed by atoms with Gasteiger partial charge in [0.15, 0.2) is 0 Å². The second kappa shape index (κ2) is 7.17. The molecule has 1 amide bonds. The van der Waals surface area contributed by atoms with E-state index in [1.54, 1.807) is 10.7 Å². The molecule has 3 rings (SSSR count). The highest BCUT2D eigenvalue weighted by molar-refractivity contribution is 6.42. The number of anilines is 2. The number of carbonyl (C=O) groups is 1. The Balaban J connectivity index is 1.87. The van der Waals surface area contributed by atoms with E-state index in [0.717, 1.165) is 11.3 Å². The summed E-state index contributed by atoms with van der Waals surface area (Å²) in [7, 11) is 0. The van der Waals surface area contributed by atoms with Gasteiger partial charge in [0, 0.05) is 0 Å². The second-order valence-corrected chi connectivity index (χ2v) is 6.44. The Labute approximate surface area is 155 Å². The van der Waals surface area contributed by atoms with E-state index in [-0.39, 0.29) is 5.91 Å². The van der Waals surface area contributed by atoms with Crippen LogP contribution in [0, 0.1) is 6.92 Å². The summed E-state index contributed by atoms with van der Waals surface area (Å²) in [4.78, 5) is 12.7. The van der Waals surface area contributed by atoms with Crippen LogP contribution in [0.15, 0.2) is 48.5 Å². The fourth-order valence-corrected chi connectivity index (χ4v) is 2.80. The molecular formula is C18H16Cl2N4O. The molecule has 5 nitrogen and oxygen atoms in total. The van der Waals surface area contributed by atoms with Gasteiger partial charge in [-0.15, -0.1) is 0 Å². The maximum Gasteiger partial charge on any atom is 0.274 e. The molecule has 0 aliphatic heterocycles. The van der Waals surface area contributed by atoms with E-state index in [1.807, 2.05) is 37.3 Å². The molecule has 3 aromatic rings. The van der Waals surface area contributed by atoms with Gasteiger partial charge in [-0.2, -0.15) is 5.10 Å². The first-order valence-electron chi connectivity index (χ1n) is 7.58. The van der Waals surface area contributed by atoms with Gasteiger partial charge in [-0.3, -0.25) is 9.48 Å². The highest BCUT2D eigenvalue weighted by Crippen LogP contribution is 2.31. The number of nitrogens with two attached hydrogens (primary N) is 1. The number of benzene rings is 2. The number of rotatable bonds is 4. The summed E-state index contributed by atoms with van der Waals surface area (Å²) in [5.74, 6) is -0.318. The molecule has 0 spiro atoms. The van der Waals surface area contributed by atoms with Gasteiger partial charge in [0.2, 0.25) is 0 Å². The molecule has 25 heavy (non-hydrogen) atoms. The van der Waals surface area contributed by atoms with Crippen molar-refractivity contribution in [3.63, 3.8) is 0 Å². The van der Waals surface area contributed by atoms with Crippen molar-refractivity contribution in [3.8, 4) is 0 Å². The van der Waals surface area contributed by atoms with E-state index in [2.05, 4.69) is 10.4 Å². The molecule has 0 atom stereocenters. The molecule has 0 saturated carbocycles. The molecule has 0 unspecified atom stereocenters. The Morgan fingerprint density at radius 1 is 1.16 bits per heavy atom. The molecule has 0 bridgehead atoms. The highest BCUT2D eigenvalue weighted by atomic mass is 35.5. The number of nitrogens with one attached hydrogen (secondary N) is 1. The van der Waals surface area contributed by atoms with E-state index in [0.29, 0.717) is 33.7 Å². The van der Waals surface area contributed by atoms with E-state index >= 15 is 0 Å². The van der Waals surface area contributed by atoms with Gasteiger partial charge in [0.1, 0.15) is 5.69 Å². The summed E-state index contributed by atoms with van der Waals surface area (Å²) in [6, 6.07) is 14.6. The molecular weight excluding hydrogens is 359 g/mol. The van der Waals surface area contributed by atoms with Crippen LogP contribution in [0.4, 0.5) is 11.4 Å². The van der Waals surface area contributed by atoms with Crippen LogP contribution in [0.25, 0.3) is 0 Å². The van der Waals surface area contributed by atoms with Crippen molar-refractivity contribution in [2.75, 3.05) is 11.1 Å². The number of aryl methyl sites for hydroxylation is 1. The minimum Gasteiger partial charge on any atom is -0.397 e. The Morgan fingerprint density at radius 3 is 2.56 bits per heavy atom. The molecule has 1 aromatic heterocycles. The number of hydrogen-bond acceptors (Lipinski definition) is 3. The molecule has 7 heteroatoms. The minimum absolute atomic E-state index is 0.318. The minimum atomic E-state index is -0.318. The molecule has 3 N–H and O–H groups in total. The Hall–Kier alpha value is -2.50. The van der Waals surface area contributed by atoms with Crippen LogP contribution in [0.1, 0.15) is 21.7 Å². The van der Waals surface area contributed by atoms with Crippen LogP contribution in [0.2, 0.25) is 10.0 Å². The Bertz CT molecular complexity index is 922.